The number of furan rings is 1. The Labute approximate surface area is 103 Å². The van der Waals surface area contributed by atoms with E-state index in [4.69, 9.17) is 9.52 Å². The van der Waals surface area contributed by atoms with Gasteiger partial charge in [-0.1, -0.05) is 6.07 Å². The molecule has 0 aliphatic heterocycles. The van der Waals surface area contributed by atoms with E-state index in [1.807, 2.05) is 0 Å². The first-order chi connectivity index (χ1) is 8.58. The molecule has 0 radical (unpaired) electrons. The topological polar surface area (TPSA) is 62.5 Å². The number of hydrogen-bond donors (Lipinski definition) is 2. The number of benzene rings is 1. The highest BCUT2D eigenvalue weighted by atomic mass is 19.1. The van der Waals surface area contributed by atoms with Gasteiger partial charge in [0.2, 0.25) is 5.76 Å². The molecule has 18 heavy (non-hydrogen) atoms. The molecule has 1 heterocycles. The molecule has 0 saturated heterocycles. The van der Waals surface area contributed by atoms with Gasteiger partial charge in [0, 0.05) is 17.8 Å². The molecule has 0 aliphatic rings. The molecule has 2 rings (SSSR count). The van der Waals surface area contributed by atoms with Crippen molar-refractivity contribution in [1.29, 1.82) is 0 Å². The van der Waals surface area contributed by atoms with Gasteiger partial charge in [0.25, 0.3) is 0 Å². The minimum absolute atomic E-state index is 0.102. The average Bonchev–Trinajstić information content (AvgIpc) is 2.79. The lowest BCUT2D eigenvalue weighted by molar-refractivity contribution is 0.0661. The van der Waals surface area contributed by atoms with Crippen LogP contribution in [0.15, 0.2) is 34.9 Å². The molecule has 94 valence electrons. The monoisotopic (exact) mass is 249 g/mol. The number of rotatable bonds is 4. The second kappa shape index (κ2) is 4.91. The van der Waals surface area contributed by atoms with Crippen LogP contribution in [0.1, 0.15) is 21.7 Å². The van der Waals surface area contributed by atoms with E-state index in [0.29, 0.717) is 16.8 Å². The first-order valence-electron chi connectivity index (χ1n) is 5.37. The van der Waals surface area contributed by atoms with E-state index in [1.165, 1.54) is 12.3 Å². The largest absolute Gasteiger partial charge is 0.475 e. The molecule has 0 saturated carbocycles. The van der Waals surface area contributed by atoms with Crippen molar-refractivity contribution in [3.8, 4) is 0 Å². The van der Waals surface area contributed by atoms with E-state index in [-0.39, 0.29) is 18.1 Å². The Kier molecular flexibility index (Phi) is 3.32. The van der Waals surface area contributed by atoms with Crippen molar-refractivity contribution in [3.05, 3.63) is 53.2 Å². The maximum Gasteiger partial charge on any atom is 0.372 e. The second-order valence-corrected chi connectivity index (χ2v) is 3.90. The van der Waals surface area contributed by atoms with Crippen molar-refractivity contribution in [2.24, 2.45) is 0 Å². The summed E-state index contributed by atoms with van der Waals surface area (Å²) in [5.41, 5.74) is 1.68. The average molecular weight is 249 g/mol. The normalized spacial score (nSPS) is 10.3. The molecule has 0 spiro atoms. The molecular formula is C13H12FNO3. The summed E-state index contributed by atoms with van der Waals surface area (Å²) >= 11 is 0. The highest BCUT2D eigenvalue weighted by molar-refractivity contribution is 5.86. The zero-order valence-electron chi connectivity index (χ0n) is 9.74. The molecule has 1 aromatic carbocycles. The molecule has 1 aromatic heterocycles. The van der Waals surface area contributed by atoms with Crippen LogP contribution >= 0.6 is 0 Å². The van der Waals surface area contributed by atoms with Crippen LogP contribution in [0.3, 0.4) is 0 Å². The Morgan fingerprint density at radius 3 is 2.89 bits per heavy atom. The molecule has 0 aliphatic carbocycles. The van der Waals surface area contributed by atoms with Gasteiger partial charge in [-0.3, -0.25) is 0 Å². The van der Waals surface area contributed by atoms with Crippen molar-refractivity contribution < 1.29 is 18.7 Å². The molecule has 0 bridgehead atoms. The van der Waals surface area contributed by atoms with Crippen molar-refractivity contribution >= 4 is 11.7 Å². The number of anilines is 1. The quantitative estimate of drug-likeness (QED) is 0.874. The van der Waals surface area contributed by atoms with Crippen LogP contribution in [0.5, 0.6) is 0 Å². The fraction of sp³-hybridized carbons (Fsp3) is 0.154. The van der Waals surface area contributed by atoms with Gasteiger partial charge in [-0.15, -0.1) is 0 Å². The van der Waals surface area contributed by atoms with Crippen LogP contribution < -0.4 is 5.32 Å². The van der Waals surface area contributed by atoms with Gasteiger partial charge in [0.1, 0.15) is 5.82 Å². The Balaban J connectivity index is 2.09. The Hall–Kier alpha value is -2.30. The standard InChI is InChI=1S/C13H12FNO3/c1-8-2-3-10(6-11(8)14)15-7-9-4-5-18-12(9)13(16)17/h2-6,15H,7H2,1H3,(H,16,17). The summed E-state index contributed by atoms with van der Waals surface area (Å²) in [4.78, 5) is 10.8. The third-order valence-corrected chi connectivity index (χ3v) is 2.60. The van der Waals surface area contributed by atoms with Crippen molar-refractivity contribution in [3.63, 3.8) is 0 Å². The van der Waals surface area contributed by atoms with Gasteiger partial charge in [-0.05, 0) is 30.7 Å². The van der Waals surface area contributed by atoms with Gasteiger partial charge in [-0.25, -0.2) is 9.18 Å². The predicted molar refractivity (Wildman–Crippen MR) is 64.1 cm³/mol. The molecule has 0 fully saturated rings. The first kappa shape index (κ1) is 12.2. The van der Waals surface area contributed by atoms with Crippen LogP contribution in [0.25, 0.3) is 0 Å². The minimum Gasteiger partial charge on any atom is -0.475 e. The maximum atomic E-state index is 13.3. The van der Waals surface area contributed by atoms with Crippen molar-refractivity contribution in [2.75, 3.05) is 5.32 Å². The number of carbonyl (C=O) groups is 1. The van der Waals surface area contributed by atoms with Crippen LogP contribution in [-0.4, -0.2) is 11.1 Å². The zero-order chi connectivity index (χ0) is 13.1. The molecule has 0 unspecified atom stereocenters. The van der Waals surface area contributed by atoms with E-state index in [2.05, 4.69) is 5.32 Å². The molecule has 4 nitrogen and oxygen atoms in total. The number of aryl methyl sites for hydroxylation is 1. The third-order valence-electron chi connectivity index (χ3n) is 2.60. The summed E-state index contributed by atoms with van der Waals surface area (Å²) in [6.45, 7) is 1.94. The van der Waals surface area contributed by atoms with Crippen LogP contribution in [0, 0.1) is 12.7 Å². The van der Waals surface area contributed by atoms with E-state index < -0.39 is 5.97 Å². The number of halogens is 1. The highest BCUT2D eigenvalue weighted by Crippen LogP contribution is 2.16. The van der Waals surface area contributed by atoms with E-state index in [9.17, 15) is 9.18 Å². The maximum absolute atomic E-state index is 13.3. The smallest absolute Gasteiger partial charge is 0.372 e. The first-order valence-corrected chi connectivity index (χ1v) is 5.37. The number of carboxylic acid groups (broad SMARTS) is 1. The zero-order valence-corrected chi connectivity index (χ0v) is 9.74. The van der Waals surface area contributed by atoms with Gasteiger partial charge in [0.05, 0.1) is 6.26 Å². The summed E-state index contributed by atoms with van der Waals surface area (Å²) < 4.78 is 18.1. The summed E-state index contributed by atoms with van der Waals surface area (Å²) in [6.07, 6.45) is 1.32. The summed E-state index contributed by atoms with van der Waals surface area (Å²) in [6, 6.07) is 6.33. The van der Waals surface area contributed by atoms with Crippen LogP contribution in [-0.2, 0) is 6.54 Å². The highest BCUT2D eigenvalue weighted by Gasteiger charge is 2.13. The van der Waals surface area contributed by atoms with Crippen LogP contribution in [0.2, 0.25) is 0 Å². The lowest BCUT2D eigenvalue weighted by atomic mass is 10.2. The number of hydrogen-bond acceptors (Lipinski definition) is 3. The molecule has 0 atom stereocenters. The lowest BCUT2D eigenvalue weighted by Crippen LogP contribution is -2.04. The molecule has 2 aromatic rings. The van der Waals surface area contributed by atoms with Gasteiger partial charge >= 0.3 is 5.97 Å². The Morgan fingerprint density at radius 1 is 1.44 bits per heavy atom. The molecule has 5 heteroatoms. The lowest BCUT2D eigenvalue weighted by Gasteiger charge is -2.06. The fourth-order valence-electron chi connectivity index (χ4n) is 1.56. The Bertz CT molecular complexity index is 577. The number of aromatic carboxylic acids is 1. The number of carboxylic acids is 1. The van der Waals surface area contributed by atoms with Gasteiger partial charge in [-0.2, -0.15) is 0 Å². The van der Waals surface area contributed by atoms with Gasteiger partial charge < -0.3 is 14.8 Å². The van der Waals surface area contributed by atoms with E-state index in [1.54, 1.807) is 25.1 Å². The van der Waals surface area contributed by atoms with Gasteiger partial charge in [0.15, 0.2) is 0 Å². The molecule has 0 amide bonds. The van der Waals surface area contributed by atoms with E-state index in [0.717, 1.165) is 0 Å². The van der Waals surface area contributed by atoms with Crippen molar-refractivity contribution in [2.45, 2.75) is 13.5 Å². The second-order valence-electron chi connectivity index (χ2n) is 3.90. The fourth-order valence-corrected chi connectivity index (χ4v) is 1.56. The van der Waals surface area contributed by atoms with Crippen LogP contribution in [0.4, 0.5) is 10.1 Å². The SMILES string of the molecule is Cc1ccc(NCc2ccoc2C(=O)O)cc1F. The predicted octanol–water partition coefficient (Wildman–Crippen LogP) is 3.04. The third kappa shape index (κ3) is 2.51. The minimum atomic E-state index is -1.12. The number of nitrogens with one attached hydrogen (secondary N) is 1. The molecule has 2 N–H and O–H groups in total. The summed E-state index contributed by atoms with van der Waals surface area (Å²) in [5.74, 6) is -1.52. The van der Waals surface area contributed by atoms with Crippen molar-refractivity contribution in [1.82, 2.24) is 0 Å². The molecular weight excluding hydrogens is 237 g/mol. The summed E-state index contributed by atoms with van der Waals surface area (Å²) in [7, 11) is 0. The summed E-state index contributed by atoms with van der Waals surface area (Å²) in [5, 5.41) is 11.8. The van der Waals surface area contributed by atoms with E-state index >= 15 is 0 Å². The Morgan fingerprint density at radius 2 is 2.22 bits per heavy atom.